The van der Waals surface area contributed by atoms with Gasteiger partial charge in [-0.2, -0.15) is 0 Å². The van der Waals surface area contributed by atoms with E-state index >= 15 is 0 Å². The number of benzene rings is 2. The standard InChI is InChI=1S/C13H7Cl4N/c14-8-4-9(15)6-10(5-8)18-7-11-12(16)2-1-3-13(11)17/h1-7H. The summed E-state index contributed by atoms with van der Waals surface area (Å²) in [5.74, 6) is 0. The summed E-state index contributed by atoms with van der Waals surface area (Å²) in [6, 6.07) is 10.3. The highest BCUT2D eigenvalue weighted by Gasteiger charge is 2.02. The Kier molecular flexibility index (Phi) is 4.52. The predicted octanol–water partition coefficient (Wildman–Crippen LogP) is 6.05. The second-order valence-corrected chi connectivity index (χ2v) is 5.21. The molecule has 0 saturated carbocycles. The zero-order chi connectivity index (χ0) is 13.1. The molecule has 0 heterocycles. The Bertz CT molecular complexity index is 567. The molecule has 0 atom stereocenters. The van der Waals surface area contributed by atoms with Crippen LogP contribution in [0.25, 0.3) is 0 Å². The number of hydrogen-bond donors (Lipinski definition) is 0. The minimum Gasteiger partial charge on any atom is -0.256 e. The van der Waals surface area contributed by atoms with Crippen molar-refractivity contribution in [2.45, 2.75) is 0 Å². The third-order valence-electron chi connectivity index (χ3n) is 2.19. The van der Waals surface area contributed by atoms with Gasteiger partial charge in [0.25, 0.3) is 0 Å². The predicted molar refractivity (Wildman–Crippen MR) is 80.2 cm³/mol. The van der Waals surface area contributed by atoms with Crippen LogP contribution >= 0.6 is 46.4 Å². The van der Waals surface area contributed by atoms with Gasteiger partial charge in [-0.15, -0.1) is 0 Å². The summed E-state index contributed by atoms with van der Waals surface area (Å²) in [7, 11) is 0. The lowest BCUT2D eigenvalue weighted by molar-refractivity contribution is 1.52. The van der Waals surface area contributed by atoms with E-state index < -0.39 is 0 Å². The lowest BCUT2D eigenvalue weighted by atomic mass is 10.2. The second kappa shape index (κ2) is 5.94. The molecule has 0 saturated heterocycles. The van der Waals surface area contributed by atoms with Crippen molar-refractivity contribution in [3.63, 3.8) is 0 Å². The third kappa shape index (κ3) is 3.39. The van der Waals surface area contributed by atoms with Crippen LogP contribution in [0.1, 0.15) is 5.56 Å². The van der Waals surface area contributed by atoms with E-state index in [1.54, 1.807) is 42.6 Å². The molecule has 0 aliphatic rings. The van der Waals surface area contributed by atoms with E-state index in [-0.39, 0.29) is 0 Å². The molecule has 0 unspecified atom stereocenters. The molecule has 1 nitrogen and oxygen atoms in total. The van der Waals surface area contributed by atoms with Crippen LogP contribution in [0.15, 0.2) is 41.4 Å². The van der Waals surface area contributed by atoms with E-state index in [4.69, 9.17) is 46.4 Å². The Morgan fingerprint density at radius 1 is 0.833 bits per heavy atom. The van der Waals surface area contributed by atoms with Gasteiger partial charge in [0.2, 0.25) is 0 Å². The number of nitrogens with zero attached hydrogens (tertiary/aromatic N) is 1. The topological polar surface area (TPSA) is 12.4 Å². The van der Waals surface area contributed by atoms with Gasteiger partial charge in [0.15, 0.2) is 0 Å². The number of aliphatic imine (C=N–C) groups is 1. The highest BCUT2D eigenvalue weighted by atomic mass is 35.5. The molecule has 0 N–H and O–H groups in total. The monoisotopic (exact) mass is 317 g/mol. The molecule has 0 spiro atoms. The first-order chi connectivity index (χ1) is 8.56. The average Bonchev–Trinajstić information content (AvgIpc) is 2.27. The summed E-state index contributed by atoms with van der Waals surface area (Å²) in [5, 5.41) is 2.14. The lowest BCUT2D eigenvalue weighted by Gasteiger charge is -2.01. The van der Waals surface area contributed by atoms with Crippen LogP contribution < -0.4 is 0 Å². The molecule has 5 heteroatoms. The molecule has 2 aromatic rings. The van der Waals surface area contributed by atoms with E-state index in [1.165, 1.54) is 0 Å². The van der Waals surface area contributed by atoms with Crippen LogP contribution in [0.4, 0.5) is 5.69 Å². The van der Waals surface area contributed by atoms with Crippen molar-refractivity contribution in [2.24, 2.45) is 4.99 Å². The van der Waals surface area contributed by atoms with Crippen molar-refractivity contribution < 1.29 is 0 Å². The normalized spacial score (nSPS) is 11.1. The summed E-state index contributed by atoms with van der Waals surface area (Å²) < 4.78 is 0. The second-order valence-electron chi connectivity index (χ2n) is 3.52. The largest absolute Gasteiger partial charge is 0.256 e. The number of halogens is 4. The van der Waals surface area contributed by atoms with Crippen molar-refractivity contribution in [1.29, 1.82) is 0 Å². The summed E-state index contributed by atoms with van der Waals surface area (Å²) >= 11 is 23.8. The SMILES string of the molecule is Clc1cc(Cl)cc(N=Cc2c(Cl)cccc2Cl)c1. The Labute approximate surface area is 125 Å². The zero-order valence-electron chi connectivity index (χ0n) is 9.00. The van der Waals surface area contributed by atoms with E-state index in [2.05, 4.69) is 4.99 Å². The van der Waals surface area contributed by atoms with Gasteiger partial charge in [-0.1, -0.05) is 52.5 Å². The van der Waals surface area contributed by atoms with Crippen LogP contribution in [-0.4, -0.2) is 6.21 Å². The van der Waals surface area contributed by atoms with Crippen LogP contribution in [0, 0.1) is 0 Å². The fourth-order valence-corrected chi connectivity index (χ4v) is 2.40. The molecule has 92 valence electrons. The zero-order valence-corrected chi connectivity index (χ0v) is 12.0. The minimum atomic E-state index is 0.528. The van der Waals surface area contributed by atoms with Crippen molar-refractivity contribution >= 4 is 58.3 Å². The first-order valence-corrected chi connectivity index (χ1v) is 6.51. The quantitative estimate of drug-likeness (QED) is 0.597. The molecule has 0 aromatic heterocycles. The highest BCUT2D eigenvalue weighted by Crippen LogP contribution is 2.26. The molecule has 0 bridgehead atoms. The molecule has 18 heavy (non-hydrogen) atoms. The molecule has 0 aliphatic heterocycles. The van der Waals surface area contributed by atoms with Crippen LogP contribution in [0.3, 0.4) is 0 Å². The van der Waals surface area contributed by atoms with Gasteiger partial charge in [0.1, 0.15) is 0 Å². The summed E-state index contributed by atoms with van der Waals surface area (Å²) in [6.45, 7) is 0. The van der Waals surface area contributed by atoms with Crippen LogP contribution in [0.2, 0.25) is 20.1 Å². The smallest absolute Gasteiger partial charge is 0.0659 e. The third-order valence-corrected chi connectivity index (χ3v) is 3.29. The Morgan fingerprint density at radius 2 is 1.39 bits per heavy atom. The molecular weight excluding hydrogens is 312 g/mol. The van der Waals surface area contributed by atoms with Crippen molar-refractivity contribution in [1.82, 2.24) is 0 Å². The first kappa shape index (κ1) is 13.7. The molecular formula is C13H7Cl4N. The molecule has 2 rings (SSSR count). The van der Waals surface area contributed by atoms with Gasteiger partial charge in [-0.25, -0.2) is 0 Å². The van der Waals surface area contributed by atoms with Crippen molar-refractivity contribution in [2.75, 3.05) is 0 Å². The maximum Gasteiger partial charge on any atom is 0.0659 e. The summed E-state index contributed by atoms with van der Waals surface area (Å²) in [5.41, 5.74) is 1.31. The summed E-state index contributed by atoms with van der Waals surface area (Å²) in [4.78, 5) is 4.26. The van der Waals surface area contributed by atoms with Crippen molar-refractivity contribution in [3.05, 3.63) is 62.1 Å². The number of hydrogen-bond acceptors (Lipinski definition) is 1. The molecule has 0 aliphatic carbocycles. The lowest BCUT2D eigenvalue weighted by Crippen LogP contribution is -1.84. The van der Waals surface area contributed by atoms with Gasteiger partial charge >= 0.3 is 0 Å². The molecule has 0 fully saturated rings. The van der Waals surface area contributed by atoms with Gasteiger partial charge in [0.05, 0.1) is 15.7 Å². The molecule has 2 aromatic carbocycles. The van der Waals surface area contributed by atoms with E-state index in [9.17, 15) is 0 Å². The Hall–Kier alpha value is -0.730. The van der Waals surface area contributed by atoms with Gasteiger partial charge in [-0.3, -0.25) is 4.99 Å². The van der Waals surface area contributed by atoms with E-state index in [0.29, 0.717) is 31.3 Å². The minimum absolute atomic E-state index is 0.528. The first-order valence-electron chi connectivity index (χ1n) is 5.00. The Balaban J connectivity index is 2.36. The van der Waals surface area contributed by atoms with Gasteiger partial charge in [-0.05, 0) is 30.3 Å². The number of rotatable bonds is 2. The summed E-state index contributed by atoms with van der Waals surface area (Å²) in [6.07, 6.45) is 1.59. The fraction of sp³-hybridized carbons (Fsp3) is 0. The maximum absolute atomic E-state index is 6.03. The molecule has 0 amide bonds. The van der Waals surface area contributed by atoms with Crippen LogP contribution in [0.5, 0.6) is 0 Å². The van der Waals surface area contributed by atoms with E-state index in [0.717, 1.165) is 0 Å². The van der Waals surface area contributed by atoms with Crippen LogP contribution in [-0.2, 0) is 0 Å². The van der Waals surface area contributed by atoms with Crippen molar-refractivity contribution in [3.8, 4) is 0 Å². The maximum atomic E-state index is 6.03. The van der Waals surface area contributed by atoms with E-state index in [1.807, 2.05) is 0 Å². The molecule has 0 radical (unpaired) electrons. The average molecular weight is 319 g/mol. The highest BCUT2D eigenvalue weighted by molar-refractivity contribution is 6.38. The van der Waals surface area contributed by atoms with Gasteiger partial charge < -0.3 is 0 Å². The fourth-order valence-electron chi connectivity index (χ4n) is 1.39. The Morgan fingerprint density at radius 3 is 1.94 bits per heavy atom. The van der Waals surface area contributed by atoms with Gasteiger partial charge in [0, 0.05) is 21.8 Å².